The molecule has 9 nitrogen and oxygen atoms in total. The van der Waals surface area contributed by atoms with Crippen molar-refractivity contribution in [3.63, 3.8) is 0 Å². The van der Waals surface area contributed by atoms with Crippen LogP contribution in [0.4, 0.5) is 10.3 Å². The van der Waals surface area contributed by atoms with Gasteiger partial charge in [-0.3, -0.25) is 4.79 Å². The van der Waals surface area contributed by atoms with Crippen LogP contribution in [0.5, 0.6) is 0 Å². The number of ether oxygens (including phenoxy) is 1. The standard InChI is InChI=1S/C14H14FN5O4/c15-11-3-1-10(2-4-11)12-7-18(5-6-24-12)13(21)8-19-9-16-14(17-19)20(22)23/h1-4,9,12H,5-8H2. The maximum Gasteiger partial charge on any atom is 0.490 e. The number of carbonyl (C=O) groups excluding carboxylic acids is 1. The Bertz CT molecular complexity index is 748. The molecule has 1 saturated heterocycles. The number of benzene rings is 1. The van der Waals surface area contributed by atoms with Gasteiger partial charge in [-0.25, -0.2) is 4.39 Å². The average molecular weight is 335 g/mol. The van der Waals surface area contributed by atoms with Crippen LogP contribution in [0.1, 0.15) is 11.7 Å². The number of halogens is 1. The number of aromatic nitrogens is 3. The van der Waals surface area contributed by atoms with Gasteiger partial charge in [0.1, 0.15) is 18.5 Å². The van der Waals surface area contributed by atoms with Crippen LogP contribution in [-0.2, 0) is 16.1 Å². The van der Waals surface area contributed by atoms with Crippen molar-refractivity contribution in [2.45, 2.75) is 12.6 Å². The molecule has 10 heteroatoms. The summed E-state index contributed by atoms with van der Waals surface area (Å²) in [7, 11) is 0. The molecule has 0 spiro atoms. The molecule has 126 valence electrons. The van der Waals surface area contributed by atoms with Crippen LogP contribution in [0.25, 0.3) is 0 Å². The molecule has 1 aromatic heterocycles. The Labute approximate surface area is 135 Å². The van der Waals surface area contributed by atoms with E-state index < -0.39 is 10.9 Å². The topological polar surface area (TPSA) is 103 Å². The van der Waals surface area contributed by atoms with E-state index in [4.69, 9.17) is 4.74 Å². The van der Waals surface area contributed by atoms with Gasteiger partial charge in [-0.15, -0.1) is 0 Å². The molecule has 0 radical (unpaired) electrons. The zero-order chi connectivity index (χ0) is 17.1. The van der Waals surface area contributed by atoms with Crippen molar-refractivity contribution in [2.24, 2.45) is 0 Å². The van der Waals surface area contributed by atoms with E-state index in [1.807, 2.05) is 0 Å². The number of nitro groups is 1. The van der Waals surface area contributed by atoms with E-state index in [2.05, 4.69) is 10.1 Å². The minimum atomic E-state index is -0.722. The predicted octanol–water partition coefficient (Wildman–Crippen LogP) is 0.925. The van der Waals surface area contributed by atoms with Crippen LogP contribution in [0.2, 0.25) is 0 Å². The van der Waals surface area contributed by atoms with Crippen LogP contribution in [0, 0.1) is 15.9 Å². The third-order valence-corrected chi connectivity index (χ3v) is 3.65. The van der Waals surface area contributed by atoms with E-state index in [0.29, 0.717) is 19.7 Å². The Morgan fingerprint density at radius 1 is 1.42 bits per heavy atom. The van der Waals surface area contributed by atoms with Crippen LogP contribution >= 0.6 is 0 Å². The highest BCUT2D eigenvalue weighted by atomic mass is 19.1. The zero-order valence-electron chi connectivity index (χ0n) is 12.5. The Kier molecular flexibility index (Phi) is 4.47. The van der Waals surface area contributed by atoms with E-state index in [-0.39, 0.29) is 24.4 Å². The molecule has 1 atom stereocenters. The molecule has 1 aliphatic rings. The summed E-state index contributed by atoms with van der Waals surface area (Å²) in [6.45, 7) is 0.941. The van der Waals surface area contributed by atoms with Gasteiger partial charge >= 0.3 is 5.95 Å². The Hall–Kier alpha value is -2.88. The van der Waals surface area contributed by atoms with Gasteiger partial charge in [0.25, 0.3) is 0 Å². The quantitative estimate of drug-likeness (QED) is 0.608. The summed E-state index contributed by atoms with van der Waals surface area (Å²) in [5.41, 5.74) is 0.783. The molecule has 0 saturated carbocycles. The lowest BCUT2D eigenvalue weighted by Crippen LogP contribution is -2.43. The first-order valence-electron chi connectivity index (χ1n) is 7.21. The largest absolute Gasteiger partial charge is 0.490 e. The van der Waals surface area contributed by atoms with Crippen LogP contribution in [0.3, 0.4) is 0 Å². The van der Waals surface area contributed by atoms with Crippen LogP contribution in [0.15, 0.2) is 30.6 Å². The monoisotopic (exact) mass is 335 g/mol. The molecule has 2 aromatic rings. The molecule has 1 unspecified atom stereocenters. The molecule has 2 heterocycles. The fourth-order valence-electron chi connectivity index (χ4n) is 2.44. The Morgan fingerprint density at radius 3 is 2.83 bits per heavy atom. The van der Waals surface area contributed by atoms with Gasteiger partial charge in [-0.1, -0.05) is 17.1 Å². The van der Waals surface area contributed by atoms with Crippen LogP contribution in [-0.4, -0.2) is 50.2 Å². The Morgan fingerprint density at radius 2 is 2.17 bits per heavy atom. The van der Waals surface area contributed by atoms with Crippen LogP contribution < -0.4 is 0 Å². The highest BCUT2D eigenvalue weighted by Crippen LogP contribution is 2.22. The maximum atomic E-state index is 13.0. The molecular weight excluding hydrogens is 321 g/mol. The smallest absolute Gasteiger partial charge is 0.390 e. The molecule has 24 heavy (non-hydrogen) atoms. The third-order valence-electron chi connectivity index (χ3n) is 3.65. The lowest BCUT2D eigenvalue weighted by Gasteiger charge is -2.33. The lowest BCUT2D eigenvalue weighted by atomic mass is 10.1. The van der Waals surface area contributed by atoms with Gasteiger partial charge in [0.05, 0.1) is 13.2 Å². The first-order chi connectivity index (χ1) is 11.5. The molecule has 0 bridgehead atoms. The molecule has 1 aromatic carbocycles. The minimum absolute atomic E-state index is 0.142. The van der Waals surface area contributed by atoms with Gasteiger partial charge in [-0.05, 0) is 22.6 Å². The molecule has 1 fully saturated rings. The van der Waals surface area contributed by atoms with E-state index in [0.717, 1.165) is 16.6 Å². The summed E-state index contributed by atoms with van der Waals surface area (Å²) in [6, 6.07) is 5.92. The zero-order valence-corrected chi connectivity index (χ0v) is 12.5. The van der Waals surface area contributed by atoms with E-state index in [1.165, 1.54) is 12.1 Å². The summed E-state index contributed by atoms with van der Waals surface area (Å²) in [6.07, 6.45) is 0.807. The number of rotatable bonds is 4. The van der Waals surface area contributed by atoms with Gasteiger partial charge < -0.3 is 19.8 Å². The van der Waals surface area contributed by atoms with Crippen molar-refractivity contribution < 1.29 is 18.8 Å². The van der Waals surface area contributed by atoms with Crippen molar-refractivity contribution in [1.82, 2.24) is 19.7 Å². The highest BCUT2D eigenvalue weighted by molar-refractivity contribution is 5.76. The van der Waals surface area contributed by atoms with Crippen molar-refractivity contribution in [1.29, 1.82) is 0 Å². The molecule has 1 aliphatic heterocycles. The number of morpholine rings is 1. The minimum Gasteiger partial charge on any atom is -0.390 e. The van der Waals surface area contributed by atoms with E-state index in [9.17, 15) is 19.3 Å². The predicted molar refractivity (Wildman–Crippen MR) is 78.3 cm³/mol. The fourth-order valence-corrected chi connectivity index (χ4v) is 2.44. The van der Waals surface area contributed by atoms with Crippen molar-refractivity contribution >= 4 is 11.9 Å². The van der Waals surface area contributed by atoms with Gasteiger partial charge in [0.2, 0.25) is 12.2 Å². The first kappa shape index (κ1) is 16.0. The fraction of sp³-hybridized carbons (Fsp3) is 0.357. The summed E-state index contributed by atoms with van der Waals surface area (Å²) in [4.78, 5) is 27.3. The average Bonchev–Trinajstić information content (AvgIpc) is 3.04. The van der Waals surface area contributed by atoms with Crippen molar-refractivity contribution in [3.8, 4) is 0 Å². The number of amides is 1. The summed E-state index contributed by atoms with van der Waals surface area (Å²) in [5, 5.41) is 14.2. The molecular formula is C14H14FN5O4. The molecule has 3 rings (SSSR count). The molecule has 1 amide bonds. The third kappa shape index (κ3) is 3.54. The number of nitrogens with zero attached hydrogens (tertiary/aromatic N) is 5. The second-order valence-electron chi connectivity index (χ2n) is 5.25. The summed E-state index contributed by atoms with van der Waals surface area (Å²) >= 11 is 0. The molecule has 0 N–H and O–H groups in total. The lowest BCUT2D eigenvalue weighted by molar-refractivity contribution is -0.394. The van der Waals surface area contributed by atoms with E-state index in [1.54, 1.807) is 17.0 Å². The second-order valence-corrected chi connectivity index (χ2v) is 5.25. The van der Waals surface area contributed by atoms with Gasteiger partial charge in [-0.2, -0.15) is 4.68 Å². The van der Waals surface area contributed by atoms with Crippen molar-refractivity contribution in [3.05, 3.63) is 52.1 Å². The maximum absolute atomic E-state index is 13.0. The number of hydrogen-bond donors (Lipinski definition) is 0. The SMILES string of the molecule is O=C(Cn1cnc([N+](=O)[O-])n1)N1CCOC(c2ccc(F)cc2)C1. The summed E-state index contributed by atoms with van der Waals surface area (Å²) < 4.78 is 19.7. The number of carbonyl (C=O) groups is 1. The highest BCUT2D eigenvalue weighted by Gasteiger charge is 2.26. The van der Waals surface area contributed by atoms with Gasteiger partial charge in [0, 0.05) is 11.6 Å². The molecule has 0 aliphatic carbocycles. The van der Waals surface area contributed by atoms with Crippen molar-refractivity contribution in [2.75, 3.05) is 19.7 Å². The van der Waals surface area contributed by atoms with E-state index >= 15 is 0 Å². The number of hydrogen-bond acceptors (Lipinski definition) is 6. The Balaban J connectivity index is 1.64. The second kappa shape index (κ2) is 6.71. The van der Waals surface area contributed by atoms with Gasteiger partial charge in [0.15, 0.2) is 0 Å². The summed E-state index contributed by atoms with van der Waals surface area (Å²) in [5.74, 6) is -1.13. The first-order valence-corrected chi connectivity index (χ1v) is 7.21. The normalized spacial score (nSPS) is 17.7.